The number of nitrogens with one attached hydrogen (secondary N) is 2. The van der Waals surface area contributed by atoms with Crippen LogP contribution in [-0.4, -0.2) is 99.2 Å². The van der Waals surface area contributed by atoms with Crippen molar-refractivity contribution in [1.29, 1.82) is 0 Å². The van der Waals surface area contributed by atoms with Crippen LogP contribution in [0.4, 0.5) is 0 Å². The van der Waals surface area contributed by atoms with E-state index >= 15 is 0 Å². The van der Waals surface area contributed by atoms with Gasteiger partial charge in [0, 0.05) is 58.9 Å². The van der Waals surface area contributed by atoms with Crippen LogP contribution in [0.5, 0.6) is 0 Å². The lowest BCUT2D eigenvalue weighted by Crippen LogP contribution is -2.63. The zero-order valence-electron chi connectivity index (χ0n) is 16.0. The van der Waals surface area contributed by atoms with Crippen molar-refractivity contribution in [2.24, 2.45) is 10.9 Å². The first-order valence-electron chi connectivity index (χ1n) is 9.88. The van der Waals surface area contributed by atoms with Crippen LogP contribution < -0.4 is 10.6 Å². The van der Waals surface area contributed by atoms with E-state index in [4.69, 9.17) is 0 Å². The van der Waals surface area contributed by atoms with E-state index in [0.29, 0.717) is 6.04 Å². The third-order valence-electron chi connectivity index (χ3n) is 5.94. The first-order chi connectivity index (χ1) is 11.7. The Morgan fingerprint density at radius 3 is 2.36 bits per heavy atom. The van der Waals surface area contributed by atoms with Gasteiger partial charge in [-0.05, 0) is 44.8 Å². The number of fused-ring (bicyclic) bond motifs is 3. The third-order valence-corrected chi connectivity index (χ3v) is 5.94. The van der Waals surface area contributed by atoms with E-state index < -0.39 is 0 Å². The van der Waals surface area contributed by atoms with Gasteiger partial charge in [0.05, 0.1) is 0 Å². The lowest BCUT2D eigenvalue weighted by molar-refractivity contribution is 0.0154. The van der Waals surface area contributed by atoms with Crippen molar-refractivity contribution in [3.63, 3.8) is 0 Å². The number of guanidine groups is 1. The van der Waals surface area contributed by atoms with Gasteiger partial charge in [-0.3, -0.25) is 14.8 Å². The van der Waals surface area contributed by atoms with Crippen LogP contribution in [0.1, 0.15) is 26.2 Å². The highest BCUT2D eigenvalue weighted by Crippen LogP contribution is 2.16. The van der Waals surface area contributed by atoms with Gasteiger partial charge in [0.2, 0.25) is 0 Å². The predicted octanol–water partition coefficient (Wildman–Crippen LogP) is 0.891. The maximum atomic E-state index is 4.38. The molecular weight excluding hydrogens is 427 g/mol. The van der Waals surface area contributed by atoms with E-state index in [2.05, 4.69) is 37.2 Å². The van der Waals surface area contributed by atoms with Gasteiger partial charge in [-0.25, -0.2) is 0 Å². The summed E-state index contributed by atoms with van der Waals surface area (Å²) < 4.78 is 0. The van der Waals surface area contributed by atoms with Crippen molar-refractivity contribution in [1.82, 2.24) is 25.3 Å². The van der Waals surface area contributed by atoms with E-state index in [0.717, 1.165) is 25.0 Å². The molecule has 1 unspecified atom stereocenters. The molecule has 2 N–H and O–H groups in total. The Balaban J connectivity index is 0.00000225. The number of piperidine rings is 1. The second-order valence-corrected chi connectivity index (χ2v) is 7.75. The minimum Gasteiger partial charge on any atom is -0.356 e. The van der Waals surface area contributed by atoms with Gasteiger partial charge in [0.1, 0.15) is 0 Å². The molecule has 0 aromatic heterocycles. The predicted molar refractivity (Wildman–Crippen MR) is 116 cm³/mol. The molecule has 0 aromatic carbocycles. The SMILES string of the molecule is CN=C(NCCCN1CCC(C)CC1)NCC1CN2CCN1CC2.I. The molecule has 4 rings (SSSR count). The average molecular weight is 464 g/mol. The highest BCUT2D eigenvalue weighted by Gasteiger charge is 2.31. The summed E-state index contributed by atoms with van der Waals surface area (Å²) in [6.07, 6.45) is 3.93. The van der Waals surface area contributed by atoms with Gasteiger partial charge in [-0.15, -0.1) is 24.0 Å². The quantitative estimate of drug-likeness (QED) is 0.265. The molecular formula is C18H37IN6. The number of aliphatic imine (C=N–C) groups is 1. The highest BCUT2D eigenvalue weighted by molar-refractivity contribution is 14.0. The molecule has 1 atom stereocenters. The fourth-order valence-corrected chi connectivity index (χ4v) is 4.15. The first-order valence-corrected chi connectivity index (χ1v) is 9.88. The zero-order chi connectivity index (χ0) is 16.8. The van der Waals surface area contributed by atoms with Crippen LogP contribution in [0, 0.1) is 5.92 Å². The van der Waals surface area contributed by atoms with E-state index in [9.17, 15) is 0 Å². The van der Waals surface area contributed by atoms with Gasteiger partial charge in [0.25, 0.3) is 0 Å². The van der Waals surface area contributed by atoms with Crippen LogP contribution in [0.2, 0.25) is 0 Å². The Bertz CT molecular complexity index is 402. The van der Waals surface area contributed by atoms with Crippen molar-refractivity contribution in [2.45, 2.75) is 32.2 Å². The number of rotatable bonds is 6. The van der Waals surface area contributed by atoms with Crippen molar-refractivity contribution in [2.75, 3.05) is 72.5 Å². The molecule has 4 aliphatic heterocycles. The standard InChI is InChI=1S/C18H36N6.HI/c1-16-4-8-22(9-5-16)7-3-6-20-18(19-2)21-14-17-15-23-10-12-24(17)13-11-23;/h16-17H,3-15H2,1-2H3,(H2,19,20,21);1H. The number of hydrogen-bond donors (Lipinski definition) is 2. The molecule has 4 heterocycles. The second-order valence-electron chi connectivity index (χ2n) is 7.75. The van der Waals surface area contributed by atoms with Crippen LogP contribution in [-0.2, 0) is 0 Å². The molecule has 0 aromatic rings. The van der Waals surface area contributed by atoms with Crippen molar-refractivity contribution < 1.29 is 0 Å². The molecule has 25 heavy (non-hydrogen) atoms. The van der Waals surface area contributed by atoms with Gasteiger partial charge < -0.3 is 15.5 Å². The van der Waals surface area contributed by atoms with Crippen LogP contribution >= 0.6 is 24.0 Å². The summed E-state index contributed by atoms with van der Waals surface area (Å²) in [5.74, 6) is 1.88. The molecule has 0 saturated carbocycles. The summed E-state index contributed by atoms with van der Waals surface area (Å²) in [4.78, 5) is 12.2. The minimum atomic E-state index is 0. The fraction of sp³-hybridized carbons (Fsp3) is 0.944. The summed E-state index contributed by atoms with van der Waals surface area (Å²) in [6.45, 7) is 14.3. The van der Waals surface area contributed by atoms with Crippen molar-refractivity contribution in [3.05, 3.63) is 0 Å². The lowest BCUT2D eigenvalue weighted by Gasteiger charge is -2.47. The summed E-state index contributed by atoms with van der Waals surface area (Å²) in [5, 5.41) is 7.01. The topological polar surface area (TPSA) is 46.1 Å². The summed E-state index contributed by atoms with van der Waals surface area (Å²) >= 11 is 0. The zero-order valence-corrected chi connectivity index (χ0v) is 18.4. The van der Waals surface area contributed by atoms with E-state index in [1.807, 2.05) is 7.05 Å². The largest absolute Gasteiger partial charge is 0.356 e. The smallest absolute Gasteiger partial charge is 0.191 e. The lowest BCUT2D eigenvalue weighted by atomic mass is 9.99. The number of hydrogen-bond acceptors (Lipinski definition) is 4. The molecule has 146 valence electrons. The number of likely N-dealkylation sites (tertiary alicyclic amines) is 1. The van der Waals surface area contributed by atoms with E-state index in [-0.39, 0.29) is 24.0 Å². The molecule has 0 radical (unpaired) electrons. The summed E-state index contributed by atoms with van der Waals surface area (Å²) in [5.41, 5.74) is 0. The van der Waals surface area contributed by atoms with Crippen LogP contribution in [0.3, 0.4) is 0 Å². The average Bonchev–Trinajstić information content (AvgIpc) is 2.63. The molecule has 4 saturated heterocycles. The Labute approximate surface area is 170 Å². The minimum absolute atomic E-state index is 0. The molecule has 0 amide bonds. The second kappa shape index (κ2) is 10.9. The van der Waals surface area contributed by atoms with Gasteiger partial charge in [0.15, 0.2) is 5.96 Å². The fourth-order valence-electron chi connectivity index (χ4n) is 4.15. The first kappa shape index (κ1) is 21.2. The van der Waals surface area contributed by atoms with Crippen molar-refractivity contribution >= 4 is 29.9 Å². The monoisotopic (exact) mass is 464 g/mol. The molecule has 4 fully saturated rings. The summed E-state index contributed by atoms with van der Waals surface area (Å²) in [6, 6.07) is 0.640. The van der Waals surface area contributed by atoms with E-state index in [1.165, 1.54) is 71.6 Å². The third kappa shape index (κ3) is 6.52. The molecule has 6 nitrogen and oxygen atoms in total. The summed E-state index contributed by atoms with van der Waals surface area (Å²) in [7, 11) is 1.87. The number of nitrogens with zero attached hydrogens (tertiary/aromatic N) is 4. The molecule has 4 aliphatic rings. The molecule has 7 heteroatoms. The Morgan fingerprint density at radius 1 is 1.04 bits per heavy atom. The van der Waals surface area contributed by atoms with Crippen molar-refractivity contribution in [3.8, 4) is 0 Å². The van der Waals surface area contributed by atoms with Gasteiger partial charge in [-0.2, -0.15) is 0 Å². The Hall–Kier alpha value is -0.120. The molecule has 0 spiro atoms. The normalized spacial score (nSPS) is 30.8. The van der Waals surface area contributed by atoms with Gasteiger partial charge >= 0.3 is 0 Å². The maximum absolute atomic E-state index is 4.38. The Kier molecular flexibility index (Phi) is 9.23. The van der Waals surface area contributed by atoms with Crippen LogP contribution in [0.15, 0.2) is 4.99 Å². The molecule has 0 aliphatic carbocycles. The number of piperazine rings is 3. The highest BCUT2D eigenvalue weighted by atomic mass is 127. The maximum Gasteiger partial charge on any atom is 0.191 e. The number of halogens is 1. The van der Waals surface area contributed by atoms with E-state index in [1.54, 1.807) is 0 Å². The van der Waals surface area contributed by atoms with Crippen LogP contribution in [0.25, 0.3) is 0 Å². The Morgan fingerprint density at radius 2 is 1.76 bits per heavy atom. The molecule has 2 bridgehead atoms. The van der Waals surface area contributed by atoms with Gasteiger partial charge in [-0.1, -0.05) is 6.92 Å².